The second kappa shape index (κ2) is 6.62. The summed E-state index contributed by atoms with van der Waals surface area (Å²) in [5, 5.41) is 16.7. The Hall–Kier alpha value is -2.48. The molecule has 2 rings (SSSR count). The molecule has 0 unspecified atom stereocenters. The molecule has 106 valence electrons. The SMILES string of the molecule is COCCNC(=O)Nc1cccc(-n2nnnc2C)c1. The fraction of sp³-hybridized carbons (Fsp3) is 0.333. The van der Waals surface area contributed by atoms with E-state index in [-0.39, 0.29) is 6.03 Å². The van der Waals surface area contributed by atoms with Crippen molar-refractivity contribution in [2.75, 3.05) is 25.6 Å². The molecule has 0 aliphatic heterocycles. The van der Waals surface area contributed by atoms with Gasteiger partial charge in [-0.25, -0.2) is 4.79 Å². The van der Waals surface area contributed by atoms with E-state index in [1.54, 1.807) is 30.8 Å². The Morgan fingerprint density at radius 3 is 3.00 bits per heavy atom. The van der Waals surface area contributed by atoms with Crippen LogP contribution in [0.15, 0.2) is 24.3 Å². The van der Waals surface area contributed by atoms with Gasteiger partial charge in [0, 0.05) is 19.3 Å². The first-order valence-corrected chi connectivity index (χ1v) is 6.10. The molecule has 0 fully saturated rings. The summed E-state index contributed by atoms with van der Waals surface area (Å²) in [6.07, 6.45) is 0. The molecule has 8 heteroatoms. The average molecular weight is 276 g/mol. The topological polar surface area (TPSA) is 94.0 Å². The minimum Gasteiger partial charge on any atom is -0.383 e. The second-order valence-corrected chi connectivity index (χ2v) is 4.06. The summed E-state index contributed by atoms with van der Waals surface area (Å²) in [6, 6.07) is 6.98. The summed E-state index contributed by atoms with van der Waals surface area (Å²) < 4.78 is 6.45. The Morgan fingerprint density at radius 2 is 2.30 bits per heavy atom. The first kappa shape index (κ1) is 13.9. The number of tetrazole rings is 1. The Labute approximate surface area is 116 Å². The molecule has 8 nitrogen and oxygen atoms in total. The van der Waals surface area contributed by atoms with E-state index >= 15 is 0 Å². The summed E-state index contributed by atoms with van der Waals surface area (Å²) in [7, 11) is 1.58. The van der Waals surface area contributed by atoms with Crippen molar-refractivity contribution in [3.05, 3.63) is 30.1 Å². The second-order valence-electron chi connectivity index (χ2n) is 4.06. The summed E-state index contributed by atoms with van der Waals surface area (Å²) in [6.45, 7) is 2.73. The van der Waals surface area contributed by atoms with Crippen molar-refractivity contribution in [1.29, 1.82) is 0 Å². The number of carbonyl (C=O) groups is 1. The van der Waals surface area contributed by atoms with Crippen LogP contribution in [-0.4, -0.2) is 46.5 Å². The largest absolute Gasteiger partial charge is 0.383 e. The molecule has 0 aliphatic rings. The molecule has 0 aliphatic carbocycles. The lowest BCUT2D eigenvalue weighted by Gasteiger charge is -2.08. The number of nitrogens with one attached hydrogen (secondary N) is 2. The molecule has 0 atom stereocenters. The molecule has 1 heterocycles. The third kappa shape index (κ3) is 3.51. The van der Waals surface area contributed by atoms with E-state index in [1.165, 1.54) is 0 Å². The van der Waals surface area contributed by atoms with Gasteiger partial charge >= 0.3 is 6.03 Å². The van der Waals surface area contributed by atoms with E-state index in [4.69, 9.17) is 4.74 Å². The lowest BCUT2D eigenvalue weighted by molar-refractivity contribution is 0.198. The van der Waals surface area contributed by atoms with Crippen molar-refractivity contribution in [2.24, 2.45) is 0 Å². The number of methoxy groups -OCH3 is 1. The van der Waals surface area contributed by atoms with E-state index in [2.05, 4.69) is 26.2 Å². The van der Waals surface area contributed by atoms with Crippen LogP contribution in [0.1, 0.15) is 5.82 Å². The monoisotopic (exact) mass is 276 g/mol. The van der Waals surface area contributed by atoms with Crippen LogP contribution in [0.25, 0.3) is 5.69 Å². The van der Waals surface area contributed by atoms with Crippen molar-refractivity contribution in [3.63, 3.8) is 0 Å². The molecule has 2 amide bonds. The van der Waals surface area contributed by atoms with E-state index in [0.29, 0.717) is 24.7 Å². The van der Waals surface area contributed by atoms with E-state index < -0.39 is 0 Å². The van der Waals surface area contributed by atoms with Crippen molar-refractivity contribution in [2.45, 2.75) is 6.92 Å². The van der Waals surface area contributed by atoms with Gasteiger partial charge in [0.25, 0.3) is 0 Å². The smallest absolute Gasteiger partial charge is 0.319 e. The van der Waals surface area contributed by atoms with E-state index in [9.17, 15) is 4.79 Å². The van der Waals surface area contributed by atoms with Crippen LogP contribution in [0, 0.1) is 6.92 Å². The molecular weight excluding hydrogens is 260 g/mol. The quantitative estimate of drug-likeness (QED) is 0.785. The number of aryl methyl sites for hydroxylation is 1. The van der Waals surface area contributed by atoms with Crippen molar-refractivity contribution < 1.29 is 9.53 Å². The van der Waals surface area contributed by atoms with Crippen LogP contribution < -0.4 is 10.6 Å². The molecule has 0 spiro atoms. The van der Waals surface area contributed by atoms with Crippen molar-refractivity contribution in [1.82, 2.24) is 25.5 Å². The Balaban J connectivity index is 2.03. The van der Waals surface area contributed by atoms with Crippen LogP contribution >= 0.6 is 0 Å². The zero-order valence-electron chi connectivity index (χ0n) is 11.3. The first-order chi connectivity index (χ1) is 9.70. The number of amides is 2. The minimum absolute atomic E-state index is 0.285. The predicted octanol–water partition coefficient (Wildman–Crippen LogP) is 0.739. The van der Waals surface area contributed by atoms with Crippen LogP contribution in [0.5, 0.6) is 0 Å². The number of rotatable bonds is 5. The normalized spacial score (nSPS) is 10.3. The number of hydrogen-bond donors (Lipinski definition) is 2. The fourth-order valence-electron chi connectivity index (χ4n) is 1.63. The van der Waals surface area contributed by atoms with Gasteiger partial charge in [0.05, 0.1) is 12.3 Å². The number of aromatic nitrogens is 4. The average Bonchev–Trinajstić information content (AvgIpc) is 2.85. The van der Waals surface area contributed by atoms with Gasteiger partial charge in [-0.1, -0.05) is 6.07 Å². The van der Waals surface area contributed by atoms with E-state index in [1.807, 2.05) is 12.1 Å². The maximum Gasteiger partial charge on any atom is 0.319 e. The highest BCUT2D eigenvalue weighted by Crippen LogP contribution is 2.14. The van der Waals surface area contributed by atoms with Crippen LogP contribution in [0.4, 0.5) is 10.5 Å². The molecule has 0 radical (unpaired) electrons. The highest BCUT2D eigenvalue weighted by atomic mass is 16.5. The van der Waals surface area contributed by atoms with Gasteiger partial charge in [0.15, 0.2) is 5.82 Å². The molecular formula is C12H16N6O2. The van der Waals surface area contributed by atoms with Crippen LogP contribution in [-0.2, 0) is 4.74 Å². The van der Waals surface area contributed by atoms with E-state index in [0.717, 1.165) is 5.69 Å². The standard InChI is InChI=1S/C12H16N6O2/c1-9-15-16-17-18(9)11-5-3-4-10(8-11)14-12(19)13-6-7-20-2/h3-5,8H,6-7H2,1-2H3,(H2,13,14,19). The van der Waals surface area contributed by atoms with Gasteiger partial charge in [0.2, 0.25) is 0 Å². The van der Waals surface area contributed by atoms with Gasteiger partial charge in [0.1, 0.15) is 0 Å². The number of nitrogens with zero attached hydrogens (tertiary/aromatic N) is 4. The number of hydrogen-bond acceptors (Lipinski definition) is 5. The van der Waals surface area contributed by atoms with Crippen molar-refractivity contribution in [3.8, 4) is 5.69 Å². The zero-order chi connectivity index (χ0) is 14.4. The molecule has 2 aromatic rings. The highest BCUT2D eigenvalue weighted by Gasteiger charge is 2.06. The third-order valence-electron chi connectivity index (χ3n) is 2.57. The minimum atomic E-state index is -0.285. The Kier molecular flexibility index (Phi) is 4.61. The zero-order valence-corrected chi connectivity index (χ0v) is 11.3. The summed E-state index contributed by atoms with van der Waals surface area (Å²) >= 11 is 0. The summed E-state index contributed by atoms with van der Waals surface area (Å²) in [5.74, 6) is 0.673. The number of ether oxygens (including phenoxy) is 1. The molecule has 0 bridgehead atoms. The molecule has 20 heavy (non-hydrogen) atoms. The van der Waals surface area contributed by atoms with Crippen molar-refractivity contribution >= 4 is 11.7 Å². The number of urea groups is 1. The lowest BCUT2D eigenvalue weighted by Crippen LogP contribution is -2.31. The molecule has 1 aromatic carbocycles. The van der Waals surface area contributed by atoms with Gasteiger partial charge in [-0.2, -0.15) is 4.68 Å². The highest BCUT2D eigenvalue weighted by molar-refractivity contribution is 5.89. The van der Waals surface area contributed by atoms with Gasteiger partial charge in [-0.3, -0.25) is 0 Å². The maximum atomic E-state index is 11.6. The Bertz CT molecular complexity index is 583. The number of carbonyl (C=O) groups excluding carboxylic acids is 1. The van der Waals surface area contributed by atoms with Crippen LogP contribution in [0.2, 0.25) is 0 Å². The Morgan fingerprint density at radius 1 is 1.45 bits per heavy atom. The fourth-order valence-corrected chi connectivity index (χ4v) is 1.63. The first-order valence-electron chi connectivity index (χ1n) is 6.10. The summed E-state index contributed by atoms with van der Waals surface area (Å²) in [4.78, 5) is 11.6. The van der Waals surface area contributed by atoms with Gasteiger partial charge in [-0.15, -0.1) is 5.10 Å². The summed E-state index contributed by atoms with van der Waals surface area (Å²) in [5.41, 5.74) is 1.44. The number of anilines is 1. The van der Waals surface area contributed by atoms with Gasteiger partial charge < -0.3 is 15.4 Å². The predicted molar refractivity (Wildman–Crippen MR) is 72.8 cm³/mol. The van der Waals surface area contributed by atoms with Gasteiger partial charge in [-0.05, 0) is 35.5 Å². The molecule has 2 N–H and O–H groups in total. The maximum absolute atomic E-state index is 11.6. The van der Waals surface area contributed by atoms with Crippen LogP contribution in [0.3, 0.4) is 0 Å². The molecule has 0 saturated heterocycles. The lowest BCUT2D eigenvalue weighted by atomic mass is 10.3. The number of benzene rings is 1. The molecule has 1 aromatic heterocycles. The third-order valence-corrected chi connectivity index (χ3v) is 2.57. The molecule has 0 saturated carbocycles.